The first-order chi connectivity index (χ1) is 19.9. The van der Waals surface area contributed by atoms with Gasteiger partial charge >= 0.3 is 6.03 Å². The second-order valence-corrected chi connectivity index (χ2v) is 10.6. The number of hydrogen-bond donors (Lipinski definition) is 1. The Kier molecular flexibility index (Phi) is 6.91. The zero-order valence-corrected chi connectivity index (χ0v) is 23.8. The van der Waals surface area contributed by atoms with E-state index in [0.717, 1.165) is 52.3 Å². The average molecular weight is 551 g/mol. The minimum Gasteiger partial charge on any atom is -0.497 e. The molecule has 0 spiro atoms. The molecule has 4 aromatic rings. The maximum absolute atomic E-state index is 14.5. The first-order valence-corrected chi connectivity index (χ1v) is 13.9. The van der Waals surface area contributed by atoms with E-state index in [-0.39, 0.29) is 24.5 Å². The SMILES string of the molecule is COc1ccc(OC)c(C2c3cccn3-c3ccccc3N2C(=O)CN(C(=O)Nc2c(C)cccc2C)C2CC2)c1. The van der Waals surface area contributed by atoms with Gasteiger partial charge in [-0.1, -0.05) is 30.3 Å². The molecule has 1 atom stereocenters. The van der Waals surface area contributed by atoms with Crippen LogP contribution in [0.25, 0.3) is 5.69 Å². The molecule has 2 heterocycles. The number of para-hydroxylation sites is 3. The van der Waals surface area contributed by atoms with Gasteiger partial charge < -0.3 is 24.3 Å². The van der Waals surface area contributed by atoms with Gasteiger partial charge in [0, 0.05) is 23.5 Å². The summed E-state index contributed by atoms with van der Waals surface area (Å²) < 4.78 is 13.5. The van der Waals surface area contributed by atoms with E-state index in [9.17, 15) is 9.59 Å². The number of nitrogens with zero attached hydrogens (tertiary/aromatic N) is 3. The van der Waals surface area contributed by atoms with Gasteiger partial charge in [-0.2, -0.15) is 0 Å². The summed E-state index contributed by atoms with van der Waals surface area (Å²) in [6.07, 6.45) is 3.75. The summed E-state index contributed by atoms with van der Waals surface area (Å²) in [5, 5.41) is 3.09. The zero-order valence-electron chi connectivity index (χ0n) is 23.8. The van der Waals surface area contributed by atoms with Crippen molar-refractivity contribution in [3.8, 4) is 17.2 Å². The van der Waals surface area contributed by atoms with Gasteiger partial charge in [0.05, 0.1) is 31.3 Å². The summed E-state index contributed by atoms with van der Waals surface area (Å²) in [4.78, 5) is 31.6. The molecule has 1 aliphatic carbocycles. The van der Waals surface area contributed by atoms with Crippen molar-refractivity contribution in [3.05, 3.63) is 101 Å². The van der Waals surface area contributed by atoms with Crippen LogP contribution in [0.2, 0.25) is 0 Å². The predicted molar refractivity (Wildman–Crippen MR) is 159 cm³/mol. The molecule has 3 aromatic carbocycles. The highest BCUT2D eigenvalue weighted by Gasteiger charge is 2.41. The maximum Gasteiger partial charge on any atom is 0.322 e. The lowest BCUT2D eigenvalue weighted by molar-refractivity contribution is -0.119. The van der Waals surface area contributed by atoms with Crippen LogP contribution in [0, 0.1) is 13.8 Å². The number of ether oxygens (including phenoxy) is 2. The zero-order chi connectivity index (χ0) is 28.7. The number of amides is 3. The van der Waals surface area contributed by atoms with Crippen molar-refractivity contribution >= 4 is 23.3 Å². The minimum atomic E-state index is -0.500. The molecule has 8 nitrogen and oxygen atoms in total. The Morgan fingerprint density at radius 1 is 0.902 bits per heavy atom. The standard InChI is InChI=1S/C33H34N4O4/c1-21-9-7-10-22(2)31(21)34-33(39)36(23-14-15-23)20-30(38)37-27-12-6-5-11-26(27)35-18-8-13-28(35)32(37)25-19-24(40-3)16-17-29(25)41-4/h5-13,16-19,23,32H,14-15,20H2,1-4H3,(H,34,39). The van der Waals surface area contributed by atoms with E-state index in [1.54, 1.807) is 19.1 Å². The molecule has 0 saturated heterocycles. The summed E-state index contributed by atoms with van der Waals surface area (Å²) in [7, 11) is 3.25. The predicted octanol–water partition coefficient (Wildman–Crippen LogP) is 6.24. The van der Waals surface area contributed by atoms with Crippen molar-refractivity contribution in [2.75, 3.05) is 31.0 Å². The molecule has 41 heavy (non-hydrogen) atoms. The summed E-state index contributed by atoms with van der Waals surface area (Å²) in [6, 6.07) is 22.7. The van der Waals surface area contributed by atoms with Crippen LogP contribution in [0.15, 0.2) is 79.0 Å². The highest BCUT2D eigenvalue weighted by atomic mass is 16.5. The van der Waals surface area contributed by atoms with Crippen LogP contribution in [-0.4, -0.2) is 48.2 Å². The first-order valence-electron chi connectivity index (χ1n) is 13.9. The molecule has 2 aliphatic rings. The molecule has 1 fully saturated rings. The first kappa shape index (κ1) is 26.5. The quantitative estimate of drug-likeness (QED) is 0.295. The van der Waals surface area contributed by atoms with E-state index in [0.29, 0.717) is 11.5 Å². The molecule has 1 aromatic heterocycles. The average Bonchev–Trinajstić information content (AvgIpc) is 3.71. The van der Waals surface area contributed by atoms with Crippen molar-refractivity contribution in [2.24, 2.45) is 0 Å². The Balaban J connectivity index is 1.41. The van der Waals surface area contributed by atoms with E-state index in [1.165, 1.54) is 0 Å². The topological polar surface area (TPSA) is 76.0 Å². The van der Waals surface area contributed by atoms with Gasteiger partial charge in [0.2, 0.25) is 5.91 Å². The molecule has 0 radical (unpaired) electrons. The number of aryl methyl sites for hydroxylation is 2. The summed E-state index contributed by atoms with van der Waals surface area (Å²) in [6.45, 7) is 3.89. The molecular weight excluding hydrogens is 516 g/mol. The maximum atomic E-state index is 14.5. The lowest BCUT2D eigenvalue weighted by Gasteiger charge is -2.40. The van der Waals surface area contributed by atoms with Gasteiger partial charge in [0.15, 0.2) is 0 Å². The number of benzene rings is 3. The third-order valence-electron chi connectivity index (χ3n) is 7.99. The van der Waals surface area contributed by atoms with E-state index in [2.05, 4.69) is 9.88 Å². The second kappa shape index (κ2) is 10.7. The number of aromatic nitrogens is 1. The summed E-state index contributed by atoms with van der Waals surface area (Å²) in [5.41, 5.74) is 6.14. The number of fused-ring (bicyclic) bond motifs is 3. The summed E-state index contributed by atoms with van der Waals surface area (Å²) in [5.74, 6) is 1.13. The van der Waals surface area contributed by atoms with Crippen LogP contribution >= 0.6 is 0 Å². The fourth-order valence-electron chi connectivity index (χ4n) is 5.77. The van der Waals surface area contributed by atoms with Crippen LogP contribution in [0.4, 0.5) is 16.2 Å². The Bertz CT molecular complexity index is 1600. The number of hydrogen-bond acceptors (Lipinski definition) is 4. The van der Waals surface area contributed by atoms with Crippen LogP contribution in [0.3, 0.4) is 0 Å². The van der Waals surface area contributed by atoms with Gasteiger partial charge in [-0.05, 0) is 80.3 Å². The lowest BCUT2D eigenvalue weighted by Crippen LogP contribution is -2.48. The fraction of sp³-hybridized carbons (Fsp3) is 0.273. The molecule has 210 valence electrons. The van der Waals surface area contributed by atoms with Gasteiger partial charge in [0.25, 0.3) is 0 Å². The number of nitrogens with one attached hydrogen (secondary N) is 1. The molecular formula is C33H34N4O4. The summed E-state index contributed by atoms with van der Waals surface area (Å²) >= 11 is 0. The van der Waals surface area contributed by atoms with E-state index < -0.39 is 6.04 Å². The van der Waals surface area contributed by atoms with Crippen molar-refractivity contribution in [1.82, 2.24) is 9.47 Å². The van der Waals surface area contributed by atoms with Crippen molar-refractivity contribution in [3.63, 3.8) is 0 Å². The van der Waals surface area contributed by atoms with E-state index in [1.807, 2.05) is 97.7 Å². The van der Waals surface area contributed by atoms with Crippen molar-refractivity contribution in [2.45, 2.75) is 38.8 Å². The van der Waals surface area contributed by atoms with Gasteiger partial charge in [-0.3, -0.25) is 9.69 Å². The minimum absolute atomic E-state index is 0.0250. The molecule has 0 bridgehead atoms. The molecule has 6 rings (SSSR count). The second-order valence-electron chi connectivity index (χ2n) is 10.6. The van der Waals surface area contributed by atoms with Crippen LogP contribution in [0.5, 0.6) is 11.5 Å². The number of anilines is 2. The largest absolute Gasteiger partial charge is 0.497 e. The third-order valence-corrected chi connectivity index (χ3v) is 7.99. The van der Waals surface area contributed by atoms with Crippen LogP contribution in [0.1, 0.15) is 41.3 Å². The Morgan fingerprint density at radius 2 is 1.63 bits per heavy atom. The van der Waals surface area contributed by atoms with Gasteiger partial charge in [-0.15, -0.1) is 0 Å². The lowest BCUT2D eigenvalue weighted by atomic mass is 9.96. The van der Waals surface area contributed by atoms with Gasteiger partial charge in [0.1, 0.15) is 24.1 Å². The number of carbonyl (C=O) groups excluding carboxylic acids is 2. The molecule has 8 heteroatoms. The number of carbonyl (C=O) groups is 2. The normalized spacial score (nSPS) is 15.5. The Morgan fingerprint density at radius 3 is 2.32 bits per heavy atom. The highest BCUT2D eigenvalue weighted by molar-refractivity contribution is 6.02. The fourth-order valence-corrected chi connectivity index (χ4v) is 5.77. The molecule has 1 saturated carbocycles. The Hall–Kier alpha value is -4.72. The number of urea groups is 1. The van der Waals surface area contributed by atoms with Crippen LogP contribution in [-0.2, 0) is 4.79 Å². The molecule has 1 unspecified atom stereocenters. The third kappa shape index (κ3) is 4.79. The van der Waals surface area contributed by atoms with E-state index >= 15 is 0 Å². The molecule has 1 N–H and O–H groups in total. The number of methoxy groups -OCH3 is 2. The van der Waals surface area contributed by atoms with Crippen molar-refractivity contribution < 1.29 is 19.1 Å². The monoisotopic (exact) mass is 550 g/mol. The van der Waals surface area contributed by atoms with E-state index in [4.69, 9.17) is 9.47 Å². The highest BCUT2D eigenvalue weighted by Crippen LogP contribution is 2.45. The molecule has 3 amide bonds. The Labute approximate surface area is 240 Å². The smallest absolute Gasteiger partial charge is 0.322 e. The van der Waals surface area contributed by atoms with Crippen molar-refractivity contribution in [1.29, 1.82) is 0 Å². The van der Waals surface area contributed by atoms with Crippen LogP contribution < -0.4 is 19.7 Å². The number of rotatable bonds is 7. The van der Waals surface area contributed by atoms with Gasteiger partial charge in [-0.25, -0.2) is 4.79 Å². The molecule has 1 aliphatic heterocycles.